The Morgan fingerprint density at radius 2 is 1.75 bits per heavy atom. The molecule has 4 heterocycles. The van der Waals surface area contributed by atoms with Crippen molar-refractivity contribution in [3.63, 3.8) is 0 Å². The first kappa shape index (κ1) is 20.5. The van der Waals surface area contributed by atoms with Crippen LogP contribution in [0.4, 0.5) is 11.6 Å². The highest BCUT2D eigenvalue weighted by atomic mass is 15.3. The summed E-state index contributed by atoms with van der Waals surface area (Å²) in [5.74, 6) is 1.91. The fraction of sp³-hybridized carbons (Fsp3) is 0.320. The van der Waals surface area contributed by atoms with Crippen molar-refractivity contribution in [2.75, 3.05) is 43.4 Å². The van der Waals surface area contributed by atoms with Crippen LogP contribution < -0.4 is 10.2 Å². The Morgan fingerprint density at radius 3 is 2.53 bits per heavy atom. The van der Waals surface area contributed by atoms with Crippen LogP contribution in [0, 0.1) is 0 Å². The number of likely N-dealkylation sites (N-methyl/N-ethyl adjacent to an activating group) is 1. The van der Waals surface area contributed by atoms with Gasteiger partial charge in [-0.2, -0.15) is 5.10 Å². The van der Waals surface area contributed by atoms with Gasteiger partial charge in [0.05, 0.1) is 11.7 Å². The van der Waals surface area contributed by atoms with Gasteiger partial charge in [-0.25, -0.2) is 9.97 Å². The molecule has 0 spiro atoms. The van der Waals surface area contributed by atoms with E-state index in [-0.39, 0.29) is 6.04 Å². The number of pyridine rings is 2. The summed E-state index contributed by atoms with van der Waals surface area (Å²) in [5.41, 5.74) is 3.29. The molecule has 1 fully saturated rings. The monoisotopic (exact) mass is 427 g/mol. The molecule has 1 aliphatic heterocycles. The van der Waals surface area contributed by atoms with E-state index in [1.165, 1.54) is 5.56 Å². The normalized spacial score (nSPS) is 15.8. The Balaban J connectivity index is 1.35. The highest BCUT2D eigenvalue weighted by Gasteiger charge is 2.16. The zero-order valence-electron chi connectivity index (χ0n) is 18.9. The highest BCUT2D eigenvalue weighted by molar-refractivity contribution is 5.88. The van der Waals surface area contributed by atoms with Gasteiger partial charge in [-0.15, -0.1) is 0 Å². The quantitative estimate of drug-likeness (QED) is 0.520. The number of fused-ring (bicyclic) bond motifs is 1. The van der Waals surface area contributed by atoms with Gasteiger partial charge in [0.2, 0.25) is 0 Å². The fourth-order valence-corrected chi connectivity index (χ4v) is 4.17. The molecule has 0 bridgehead atoms. The van der Waals surface area contributed by atoms with E-state index in [9.17, 15) is 0 Å². The number of hydrogen-bond donors (Lipinski definition) is 1. The van der Waals surface area contributed by atoms with Gasteiger partial charge >= 0.3 is 0 Å². The Bertz CT molecular complexity index is 1220. The summed E-state index contributed by atoms with van der Waals surface area (Å²) < 4.78 is 1.83. The Hall–Kier alpha value is -3.45. The van der Waals surface area contributed by atoms with E-state index in [2.05, 4.69) is 80.6 Å². The molecule has 0 aliphatic carbocycles. The SMILES string of the molecule is CC(Nc1cc2cc(-c3ccn(C)n3)ccc2cn1)c1ccnc(N2CCN(C)CC2)c1. The molecule has 1 unspecified atom stereocenters. The summed E-state index contributed by atoms with van der Waals surface area (Å²) in [6.07, 6.45) is 5.80. The van der Waals surface area contributed by atoms with Crippen molar-refractivity contribution in [3.05, 3.63) is 66.6 Å². The van der Waals surface area contributed by atoms with Gasteiger partial charge in [-0.05, 0) is 55.3 Å². The molecule has 1 atom stereocenters. The fourth-order valence-electron chi connectivity index (χ4n) is 4.17. The Kier molecular flexibility index (Phi) is 5.49. The predicted molar refractivity (Wildman–Crippen MR) is 130 cm³/mol. The summed E-state index contributed by atoms with van der Waals surface area (Å²) in [6, 6.07) is 14.9. The largest absolute Gasteiger partial charge is 0.364 e. The standard InChI is InChI=1S/C25H29N7/c1-18(19-6-8-26-25(16-19)32-12-10-30(2)11-13-32)28-24-15-22-14-20(4-5-21(22)17-27-24)23-7-9-31(3)29-23/h4-9,14-18H,10-13H2,1-3H3,(H,27,28). The lowest BCUT2D eigenvalue weighted by atomic mass is 10.1. The van der Waals surface area contributed by atoms with E-state index in [1.54, 1.807) is 0 Å². The van der Waals surface area contributed by atoms with Crippen LogP contribution in [-0.4, -0.2) is 57.9 Å². The lowest BCUT2D eigenvalue weighted by Crippen LogP contribution is -2.44. The second-order valence-corrected chi connectivity index (χ2v) is 8.61. The minimum absolute atomic E-state index is 0.119. The molecular formula is C25H29N7. The first-order valence-corrected chi connectivity index (χ1v) is 11.1. The smallest absolute Gasteiger partial charge is 0.128 e. The van der Waals surface area contributed by atoms with Crippen molar-refractivity contribution < 1.29 is 0 Å². The zero-order valence-corrected chi connectivity index (χ0v) is 18.9. The molecule has 0 saturated carbocycles. The molecular weight excluding hydrogens is 398 g/mol. The molecule has 3 aromatic heterocycles. The topological polar surface area (TPSA) is 62.1 Å². The van der Waals surface area contributed by atoms with Gasteiger partial charge in [-0.3, -0.25) is 4.68 Å². The molecule has 32 heavy (non-hydrogen) atoms. The van der Waals surface area contributed by atoms with Gasteiger partial charge in [-0.1, -0.05) is 12.1 Å². The van der Waals surface area contributed by atoms with Crippen LogP contribution in [0.2, 0.25) is 0 Å². The molecule has 1 aliphatic rings. The molecule has 1 N–H and O–H groups in total. The van der Waals surface area contributed by atoms with Gasteiger partial charge in [0.1, 0.15) is 11.6 Å². The first-order valence-electron chi connectivity index (χ1n) is 11.1. The maximum absolute atomic E-state index is 4.64. The van der Waals surface area contributed by atoms with E-state index >= 15 is 0 Å². The van der Waals surface area contributed by atoms with Crippen molar-refractivity contribution >= 4 is 22.4 Å². The number of aromatic nitrogens is 4. The van der Waals surface area contributed by atoms with Crippen LogP contribution in [0.1, 0.15) is 18.5 Å². The number of hydrogen-bond acceptors (Lipinski definition) is 6. The van der Waals surface area contributed by atoms with Crippen molar-refractivity contribution in [1.82, 2.24) is 24.6 Å². The Morgan fingerprint density at radius 1 is 0.906 bits per heavy atom. The molecule has 7 heteroatoms. The third-order valence-corrected chi connectivity index (χ3v) is 6.19. The summed E-state index contributed by atoms with van der Waals surface area (Å²) in [7, 11) is 4.11. The van der Waals surface area contributed by atoms with Crippen molar-refractivity contribution in [3.8, 4) is 11.3 Å². The third kappa shape index (κ3) is 4.29. The van der Waals surface area contributed by atoms with E-state index in [4.69, 9.17) is 0 Å². The van der Waals surface area contributed by atoms with Crippen LogP contribution in [0.5, 0.6) is 0 Å². The number of benzene rings is 1. The Labute approximate surface area is 188 Å². The molecule has 0 amide bonds. The minimum Gasteiger partial charge on any atom is -0.364 e. The van der Waals surface area contributed by atoms with Crippen LogP contribution in [0.15, 0.2) is 61.1 Å². The number of nitrogens with one attached hydrogen (secondary N) is 1. The number of anilines is 2. The van der Waals surface area contributed by atoms with E-state index in [1.807, 2.05) is 36.4 Å². The average Bonchev–Trinajstić information content (AvgIpc) is 3.25. The summed E-state index contributed by atoms with van der Waals surface area (Å²) in [5, 5.41) is 10.3. The number of piperazine rings is 1. The minimum atomic E-state index is 0.119. The molecule has 1 saturated heterocycles. The number of aryl methyl sites for hydroxylation is 1. The maximum Gasteiger partial charge on any atom is 0.128 e. The van der Waals surface area contributed by atoms with Gasteiger partial charge in [0.25, 0.3) is 0 Å². The van der Waals surface area contributed by atoms with Crippen LogP contribution >= 0.6 is 0 Å². The van der Waals surface area contributed by atoms with Crippen molar-refractivity contribution in [2.24, 2.45) is 7.05 Å². The van der Waals surface area contributed by atoms with E-state index in [0.29, 0.717) is 0 Å². The molecule has 7 nitrogen and oxygen atoms in total. The highest BCUT2D eigenvalue weighted by Crippen LogP contribution is 2.27. The first-order chi connectivity index (χ1) is 15.5. The van der Waals surface area contributed by atoms with Gasteiger partial charge < -0.3 is 15.1 Å². The van der Waals surface area contributed by atoms with Crippen LogP contribution in [0.3, 0.4) is 0 Å². The van der Waals surface area contributed by atoms with Crippen LogP contribution in [-0.2, 0) is 7.05 Å². The summed E-state index contributed by atoms with van der Waals surface area (Å²) >= 11 is 0. The maximum atomic E-state index is 4.64. The second kappa shape index (κ2) is 8.59. The molecule has 4 aromatic rings. The van der Waals surface area contributed by atoms with Crippen molar-refractivity contribution in [1.29, 1.82) is 0 Å². The lowest BCUT2D eigenvalue weighted by Gasteiger charge is -2.33. The lowest BCUT2D eigenvalue weighted by molar-refractivity contribution is 0.312. The average molecular weight is 428 g/mol. The van der Waals surface area contributed by atoms with Gasteiger partial charge in [0.15, 0.2) is 0 Å². The summed E-state index contributed by atoms with van der Waals surface area (Å²) in [4.78, 5) is 14.0. The molecule has 5 rings (SSSR count). The predicted octanol–water partition coefficient (Wildman–Crippen LogP) is 3.96. The van der Waals surface area contributed by atoms with Gasteiger partial charge in [0, 0.05) is 62.8 Å². The van der Waals surface area contributed by atoms with E-state index in [0.717, 1.165) is 59.8 Å². The van der Waals surface area contributed by atoms with Crippen molar-refractivity contribution in [2.45, 2.75) is 13.0 Å². The number of nitrogens with zero attached hydrogens (tertiary/aromatic N) is 6. The second-order valence-electron chi connectivity index (χ2n) is 8.61. The molecule has 164 valence electrons. The van der Waals surface area contributed by atoms with E-state index < -0.39 is 0 Å². The molecule has 1 aromatic carbocycles. The third-order valence-electron chi connectivity index (χ3n) is 6.19. The zero-order chi connectivity index (χ0) is 22.1. The number of rotatable bonds is 5. The molecule has 0 radical (unpaired) electrons. The summed E-state index contributed by atoms with van der Waals surface area (Å²) in [6.45, 7) is 6.33. The van der Waals surface area contributed by atoms with Crippen LogP contribution in [0.25, 0.3) is 22.0 Å².